The molecule has 6 fully saturated rings. The van der Waals surface area contributed by atoms with Crippen LogP contribution in [0.2, 0.25) is 0 Å². The van der Waals surface area contributed by atoms with Crippen LogP contribution in [0, 0.1) is 52.3 Å². The van der Waals surface area contributed by atoms with Crippen molar-refractivity contribution in [3.05, 3.63) is 35.9 Å². The van der Waals surface area contributed by atoms with Crippen LogP contribution in [-0.2, 0) is 23.8 Å². The van der Waals surface area contributed by atoms with E-state index in [0.29, 0.717) is 66.6 Å². The monoisotopic (exact) mass is 699 g/mol. The number of alkyl halides is 2. The number of hydrogen-bond acceptors (Lipinski definition) is 6. The number of hydrogen-bond donors (Lipinski definition) is 0. The summed E-state index contributed by atoms with van der Waals surface area (Å²) in [5.74, 6) is 3.51. The summed E-state index contributed by atoms with van der Waals surface area (Å²) in [6.07, 6.45) is 12.2. The molecule has 4 saturated carbocycles. The molecule has 2 aliphatic heterocycles. The van der Waals surface area contributed by atoms with Crippen molar-refractivity contribution in [3.8, 4) is 0 Å². The molecule has 4 aliphatic carbocycles. The van der Waals surface area contributed by atoms with E-state index in [1.54, 1.807) is 6.08 Å². The van der Waals surface area contributed by atoms with Crippen molar-refractivity contribution in [2.45, 2.75) is 103 Å². The van der Waals surface area contributed by atoms with E-state index in [2.05, 4.69) is 32.6 Å². The zero-order valence-electron chi connectivity index (χ0n) is 29.3. The zero-order chi connectivity index (χ0) is 33.8. The fourth-order valence-electron chi connectivity index (χ4n) is 11.9. The molecule has 2 saturated heterocycles. The minimum atomic E-state index is -0.500. The number of fused-ring (bicyclic) bond motifs is 7. The summed E-state index contributed by atoms with van der Waals surface area (Å²) in [6.45, 7) is 11.4. The summed E-state index contributed by atoms with van der Waals surface area (Å²) >= 11 is 12.1. The Hall–Kier alpha value is -1.60. The SMILES string of the molecule is C[C@@H]1CC[C@@]2(OC1)O[C@H]1C[C@H]3[C@@H]4CC[C@H]5C[C@@H](OC(=O)/C=C/c6ccccc6N(CCCl)CCCl)CC[C@]5(C)[C@H]4CC(=O)[C@]3(C)[C@H]1[C@@H]2C. The Balaban J connectivity index is 1.00. The first-order valence-electron chi connectivity index (χ1n) is 18.7. The highest BCUT2D eigenvalue weighted by Crippen LogP contribution is 2.70. The third-order valence-electron chi connectivity index (χ3n) is 14.4. The molecule has 0 bridgehead atoms. The van der Waals surface area contributed by atoms with Crippen LogP contribution in [-0.4, -0.2) is 61.2 Å². The molecule has 6 nitrogen and oxygen atoms in total. The summed E-state index contributed by atoms with van der Waals surface area (Å²) in [7, 11) is 0. The molecule has 7 rings (SSSR count). The number of nitrogens with zero attached hydrogens (tertiary/aromatic N) is 1. The molecule has 48 heavy (non-hydrogen) atoms. The van der Waals surface area contributed by atoms with E-state index in [9.17, 15) is 9.59 Å². The van der Waals surface area contributed by atoms with E-state index in [4.69, 9.17) is 37.4 Å². The topological polar surface area (TPSA) is 65.1 Å². The van der Waals surface area contributed by atoms with Crippen molar-refractivity contribution in [3.63, 3.8) is 0 Å². The highest BCUT2D eigenvalue weighted by atomic mass is 35.5. The number of esters is 1. The number of benzene rings is 1. The minimum Gasteiger partial charge on any atom is -0.459 e. The average Bonchev–Trinajstić information content (AvgIpc) is 3.52. The smallest absolute Gasteiger partial charge is 0.331 e. The van der Waals surface area contributed by atoms with E-state index in [-0.39, 0.29) is 40.8 Å². The van der Waals surface area contributed by atoms with Crippen LogP contribution in [0.1, 0.15) is 91.0 Å². The molecule has 0 unspecified atom stereocenters. The Bertz CT molecular complexity index is 1390. The average molecular weight is 701 g/mol. The molecule has 0 radical (unpaired) electrons. The number of rotatable bonds is 8. The van der Waals surface area contributed by atoms with Crippen LogP contribution in [0.5, 0.6) is 0 Å². The fourth-order valence-corrected chi connectivity index (χ4v) is 12.3. The second kappa shape index (κ2) is 13.5. The molecule has 1 aromatic rings. The molecule has 8 heteroatoms. The summed E-state index contributed by atoms with van der Waals surface area (Å²) < 4.78 is 19.4. The number of anilines is 1. The van der Waals surface area contributed by atoms with Gasteiger partial charge >= 0.3 is 5.97 Å². The lowest BCUT2D eigenvalue weighted by Crippen LogP contribution is -2.58. The molecule has 264 valence electrons. The van der Waals surface area contributed by atoms with Gasteiger partial charge in [-0.3, -0.25) is 4.79 Å². The highest BCUT2D eigenvalue weighted by Gasteiger charge is 2.71. The molecule has 1 spiro atoms. The predicted octanol–water partition coefficient (Wildman–Crippen LogP) is 8.52. The van der Waals surface area contributed by atoms with Crippen LogP contribution in [0.25, 0.3) is 6.08 Å². The molecule has 6 aliphatic rings. The second-order valence-corrected chi connectivity index (χ2v) is 17.4. The van der Waals surface area contributed by atoms with Crippen molar-refractivity contribution in [2.24, 2.45) is 52.3 Å². The molecular formula is C40H55Cl2NO5. The maximum absolute atomic E-state index is 14.4. The Morgan fingerprint density at radius 3 is 2.52 bits per heavy atom. The fraction of sp³-hybridized carbons (Fsp3) is 0.750. The van der Waals surface area contributed by atoms with E-state index in [1.165, 1.54) is 0 Å². The van der Waals surface area contributed by atoms with Crippen molar-refractivity contribution in [1.29, 1.82) is 0 Å². The van der Waals surface area contributed by atoms with Gasteiger partial charge in [-0.15, -0.1) is 23.2 Å². The first-order valence-corrected chi connectivity index (χ1v) is 19.8. The van der Waals surface area contributed by atoms with Gasteiger partial charge < -0.3 is 19.1 Å². The summed E-state index contributed by atoms with van der Waals surface area (Å²) in [5, 5.41) is 0. The normalized spacial score (nSPS) is 43.5. The van der Waals surface area contributed by atoms with Gasteiger partial charge in [0, 0.05) is 66.7 Å². The Morgan fingerprint density at radius 2 is 1.79 bits per heavy atom. The molecule has 0 amide bonds. The van der Waals surface area contributed by atoms with Crippen LogP contribution in [0.4, 0.5) is 5.69 Å². The minimum absolute atomic E-state index is 0.0879. The number of para-hydroxylation sites is 1. The first kappa shape index (κ1) is 34.8. The first-order chi connectivity index (χ1) is 23.0. The van der Waals surface area contributed by atoms with E-state index >= 15 is 0 Å². The van der Waals surface area contributed by atoms with Gasteiger partial charge in [-0.1, -0.05) is 45.9 Å². The van der Waals surface area contributed by atoms with Crippen LogP contribution >= 0.6 is 23.2 Å². The Morgan fingerprint density at radius 1 is 1.02 bits per heavy atom. The van der Waals surface area contributed by atoms with Gasteiger partial charge in [0.05, 0.1) is 12.7 Å². The van der Waals surface area contributed by atoms with Crippen molar-refractivity contribution < 1.29 is 23.8 Å². The van der Waals surface area contributed by atoms with Crippen LogP contribution in [0.15, 0.2) is 30.3 Å². The maximum atomic E-state index is 14.4. The molecule has 1 aromatic carbocycles. The summed E-state index contributed by atoms with van der Waals surface area (Å²) in [5.41, 5.74) is 1.72. The lowest BCUT2D eigenvalue weighted by atomic mass is 9.44. The molecule has 2 heterocycles. The number of halogens is 2. The third kappa shape index (κ3) is 5.77. The van der Waals surface area contributed by atoms with Crippen molar-refractivity contribution in [1.82, 2.24) is 0 Å². The number of ether oxygens (including phenoxy) is 3. The van der Waals surface area contributed by atoms with Gasteiger partial charge in [0.25, 0.3) is 0 Å². The van der Waals surface area contributed by atoms with Gasteiger partial charge in [0.1, 0.15) is 11.9 Å². The van der Waals surface area contributed by atoms with E-state index in [0.717, 1.165) is 69.2 Å². The number of carbonyl (C=O) groups is 2. The second-order valence-electron chi connectivity index (χ2n) is 16.6. The summed E-state index contributed by atoms with van der Waals surface area (Å²) in [6, 6.07) is 8.00. The largest absolute Gasteiger partial charge is 0.459 e. The molecule has 0 aromatic heterocycles. The lowest BCUT2D eigenvalue weighted by molar-refractivity contribution is -0.272. The number of Topliss-reactive ketones (excluding diaryl/α,β-unsaturated/α-hetero) is 1. The lowest BCUT2D eigenvalue weighted by Gasteiger charge is -2.60. The standard InChI is InChI=1S/C40H55Cl2NO5/c1-25-13-16-40(46-24-25)26(2)37-34(48-40)22-32-30-11-10-28-21-29(14-15-38(28,3)31(30)23-35(44)39(32,37)4)47-36(45)12-9-27-7-5-6-8-33(27)43(19-17-41)20-18-42/h5-9,12,25-26,28-32,34,37H,10-11,13-24H2,1-4H3/b12-9+/t25-,26+,28+,29+,30-,31+,32+,34+,37+,38+,39-,40-/m1/s1. The van der Waals surface area contributed by atoms with Gasteiger partial charge in [0.2, 0.25) is 0 Å². The van der Waals surface area contributed by atoms with Crippen LogP contribution < -0.4 is 4.90 Å². The third-order valence-corrected chi connectivity index (χ3v) is 14.8. The van der Waals surface area contributed by atoms with Crippen molar-refractivity contribution >= 4 is 46.7 Å². The maximum Gasteiger partial charge on any atom is 0.331 e. The van der Waals surface area contributed by atoms with Crippen LogP contribution in [0.3, 0.4) is 0 Å². The van der Waals surface area contributed by atoms with Gasteiger partial charge in [-0.25, -0.2) is 4.79 Å². The Labute approximate surface area is 297 Å². The number of ketones is 1. The van der Waals surface area contributed by atoms with Gasteiger partial charge in [-0.05, 0) is 97.7 Å². The predicted molar refractivity (Wildman–Crippen MR) is 191 cm³/mol. The quantitative estimate of drug-likeness (QED) is 0.154. The van der Waals surface area contributed by atoms with Gasteiger partial charge in [-0.2, -0.15) is 0 Å². The van der Waals surface area contributed by atoms with Crippen molar-refractivity contribution in [2.75, 3.05) is 36.4 Å². The molecule has 0 N–H and O–H groups in total. The number of carbonyl (C=O) groups excluding carboxylic acids is 2. The zero-order valence-corrected chi connectivity index (χ0v) is 30.8. The molecule has 12 atom stereocenters. The highest BCUT2D eigenvalue weighted by molar-refractivity contribution is 6.18. The van der Waals surface area contributed by atoms with Gasteiger partial charge in [0.15, 0.2) is 5.79 Å². The molecular weight excluding hydrogens is 645 g/mol. The Kier molecular flexibility index (Phi) is 9.80. The summed E-state index contributed by atoms with van der Waals surface area (Å²) in [4.78, 5) is 29.7. The van der Waals surface area contributed by atoms with E-state index < -0.39 is 5.79 Å². The van der Waals surface area contributed by atoms with E-state index in [1.807, 2.05) is 30.3 Å².